The van der Waals surface area contributed by atoms with E-state index in [4.69, 9.17) is 14.0 Å². The molecule has 0 N–H and O–H groups in total. The highest BCUT2D eigenvalue weighted by Gasteiger charge is 2.52. The van der Waals surface area contributed by atoms with E-state index in [1.807, 2.05) is 61.5 Å². The Kier molecular flexibility index (Phi) is 4.86. The zero-order valence-electron chi connectivity index (χ0n) is 16.0. The number of aromatic nitrogens is 1. The summed E-state index contributed by atoms with van der Waals surface area (Å²) in [6.07, 6.45) is 1.88. The van der Waals surface area contributed by atoms with Crippen LogP contribution in [0.2, 0.25) is 0 Å². The predicted octanol–water partition coefficient (Wildman–Crippen LogP) is 2.57. The molecule has 0 aromatic carbocycles. The van der Waals surface area contributed by atoms with E-state index in [0.717, 1.165) is 16.7 Å². The summed E-state index contributed by atoms with van der Waals surface area (Å²) in [6.45, 7) is 15.5. The maximum Gasteiger partial charge on any atom is 0.496 e. The Morgan fingerprint density at radius 3 is 2.25 bits per heavy atom. The first-order valence-electron chi connectivity index (χ1n) is 8.34. The Morgan fingerprint density at radius 1 is 1.21 bits per heavy atom. The minimum Gasteiger partial charge on any atom is -0.460 e. The fourth-order valence-corrected chi connectivity index (χ4v) is 2.45. The molecule has 0 radical (unpaired) electrons. The summed E-state index contributed by atoms with van der Waals surface area (Å²) in [5.74, 6) is -0.270. The van der Waals surface area contributed by atoms with Crippen molar-refractivity contribution in [2.75, 3.05) is 0 Å². The number of esters is 1. The molecule has 0 atom stereocenters. The molecule has 0 bridgehead atoms. The molecule has 0 amide bonds. The van der Waals surface area contributed by atoms with Crippen molar-refractivity contribution in [1.82, 2.24) is 4.98 Å². The topological polar surface area (TPSA) is 57.7 Å². The van der Waals surface area contributed by atoms with Crippen LogP contribution in [0.5, 0.6) is 0 Å². The third-order valence-corrected chi connectivity index (χ3v) is 4.46. The molecule has 1 aromatic heterocycles. The summed E-state index contributed by atoms with van der Waals surface area (Å²) < 4.78 is 17.6. The Hall–Kier alpha value is -1.40. The molecule has 0 unspecified atom stereocenters. The van der Waals surface area contributed by atoms with Gasteiger partial charge in [0.2, 0.25) is 0 Å². The molecule has 1 aromatic rings. The minimum atomic E-state index is -0.496. The van der Waals surface area contributed by atoms with Gasteiger partial charge in [0.1, 0.15) is 5.60 Å². The lowest BCUT2D eigenvalue weighted by Gasteiger charge is -2.32. The fourth-order valence-electron chi connectivity index (χ4n) is 2.45. The molecular formula is C18H28BNO4. The molecule has 132 valence electrons. The molecule has 6 heteroatoms. The smallest absolute Gasteiger partial charge is 0.460 e. The minimum absolute atomic E-state index is 0.178. The van der Waals surface area contributed by atoms with E-state index in [1.54, 1.807) is 6.20 Å². The van der Waals surface area contributed by atoms with E-state index in [0.29, 0.717) is 0 Å². The van der Waals surface area contributed by atoms with E-state index in [1.165, 1.54) is 0 Å². The third-order valence-electron chi connectivity index (χ3n) is 4.46. The van der Waals surface area contributed by atoms with Gasteiger partial charge in [-0.25, -0.2) is 0 Å². The molecule has 2 heterocycles. The molecule has 5 nitrogen and oxygen atoms in total. The Morgan fingerprint density at radius 2 is 1.75 bits per heavy atom. The molecule has 1 aliphatic heterocycles. The summed E-state index contributed by atoms with van der Waals surface area (Å²) in [4.78, 5) is 16.4. The zero-order chi connectivity index (χ0) is 18.3. The van der Waals surface area contributed by atoms with Crippen LogP contribution < -0.4 is 5.46 Å². The lowest BCUT2D eigenvalue weighted by molar-refractivity contribution is -0.153. The number of ether oxygens (including phenoxy) is 1. The quantitative estimate of drug-likeness (QED) is 0.629. The van der Waals surface area contributed by atoms with Crippen molar-refractivity contribution >= 4 is 18.6 Å². The van der Waals surface area contributed by atoms with E-state index in [-0.39, 0.29) is 12.4 Å². The predicted molar refractivity (Wildman–Crippen MR) is 94.2 cm³/mol. The molecule has 0 aliphatic carbocycles. The highest BCUT2D eigenvalue weighted by Crippen LogP contribution is 2.36. The van der Waals surface area contributed by atoms with E-state index >= 15 is 0 Å². The van der Waals surface area contributed by atoms with Crippen LogP contribution in [0.3, 0.4) is 0 Å². The average Bonchev–Trinajstić information content (AvgIpc) is 2.58. The number of carbonyl (C=O) groups is 1. The zero-order valence-corrected chi connectivity index (χ0v) is 16.0. The second-order valence-corrected chi connectivity index (χ2v) is 8.37. The second kappa shape index (κ2) is 6.15. The monoisotopic (exact) mass is 333 g/mol. The standard InChI is InChI=1S/C18H28BNO4/c1-12-14(19-23-17(5,6)18(7,8)24-19)9-13(11-20-12)10-15(21)22-16(2,3)4/h9,11H,10H2,1-8H3. The maximum atomic E-state index is 12.0. The first kappa shape index (κ1) is 18.9. The lowest BCUT2D eigenvalue weighted by Crippen LogP contribution is -2.41. The Balaban J connectivity index is 2.20. The maximum absolute atomic E-state index is 12.0. The van der Waals surface area contributed by atoms with Gasteiger partial charge < -0.3 is 14.0 Å². The SMILES string of the molecule is Cc1ncc(CC(=O)OC(C)(C)C)cc1B1OC(C)(C)C(C)(C)O1. The van der Waals surface area contributed by atoms with Crippen LogP contribution >= 0.6 is 0 Å². The van der Waals surface area contributed by atoms with Gasteiger partial charge in [-0.05, 0) is 61.0 Å². The van der Waals surface area contributed by atoms with Crippen molar-refractivity contribution < 1.29 is 18.8 Å². The van der Waals surface area contributed by atoms with E-state index in [9.17, 15) is 4.79 Å². The van der Waals surface area contributed by atoms with Crippen molar-refractivity contribution in [2.24, 2.45) is 0 Å². The normalized spacial score (nSPS) is 19.4. The first-order valence-corrected chi connectivity index (χ1v) is 8.34. The van der Waals surface area contributed by atoms with Crippen molar-refractivity contribution in [1.29, 1.82) is 0 Å². The summed E-state index contributed by atoms with van der Waals surface area (Å²) in [6, 6.07) is 1.92. The third kappa shape index (κ3) is 4.17. The Labute approximate surface area is 145 Å². The van der Waals surface area contributed by atoms with Crippen molar-refractivity contribution in [3.05, 3.63) is 23.5 Å². The van der Waals surface area contributed by atoms with Gasteiger partial charge in [-0.2, -0.15) is 0 Å². The van der Waals surface area contributed by atoms with Gasteiger partial charge in [-0.1, -0.05) is 6.07 Å². The molecular weight excluding hydrogens is 305 g/mol. The first-order chi connectivity index (χ1) is 10.8. The van der Waals surface area contributed by atoms with Gasteiger partial charge in [0.25, 0.3) is 0 Å². The van der Waals surface area contributed by atoms with Gasteiger partial charge in [0.15, 0.2) is 0 Å². The molecule has 2 rings (SSSR count). The van der Waals surface area contributed by atoms with Crippen LogP contribution in [-0.2, 0) is 25.3 Å². The van der Waals surface area contributed by atoms with Crippen molar-refractivity contribution in [3.8, 4) is 0 Å². The summed E-state index contributed by atoms with van der Waals surface area (Å²) >= 11 is 0. The van der Waals surface area contributed by atoms with Crippen LogP contribution in [0.15, 0.2) is 12.3 Å². The van der Waals surface area contributed by atoms with Crippen LogP contribution in [0.4, 0.5) is 0 Å². The van der Waals surface area contributed by atoms with E-state index < -0.39 is 23.9 Å². The summed E-state index contributed by atoms with van der Waals surface area (Å²) in [5, 5.41) is 0. The van der Waals surface area contributed by atoms with E-state index in [2.05, 4.69) is 4.98 Å². The number of carbonyl (C=O) groups excluding carboxylic acids is 1. The molecule has 1 saturated heterocycles. The summed E-state index contributed by atoms with van der Waals surface area (Å²) in [7, 11) is -0.485. The Bertz CT molecular complexity index is 618. The largest absolute Gasteiger partial charge is 0.496 e. The number of hydrogen-bond acceptors (Lipinski definition) is 5. The van der Waals surface area contributed by atoms with Crippen LogP contribution in [0.25, 0.3) is 0 Å². The van der Waals surface area contributed by atoms with Gasteiger partial charge in [-0.3, -0.25) is 9.78 Å². The molecule has 0 saturated carbocycles. The number of hydrogen-bond donors (Lipinski definition) is 0. The van der Waals surface area contributed by atoms with Crippen molar-refractivity contribution in [3.63, 3.8) is 0 Å². The number of aryl methyl sites for hydroxylation is 1. The van der Waals surface area contributed by atoms with Crippen LogP contribution in [0, 0.1) is 6.92 Å². The van der Waals surface area contributed by atoms with Gasteiger partial charge >= 0.3 is 13.1 Å². The highest BCUT2D eigenvalue weighted by molar-refractivity contribution is 6.62. The van der Waals surface area contributed by atoms with Crippen molar-refractivity contribution in [2.45, 2.75) is 78.6 Å². The second-order valence-electron chi connectivity index (χ2n) is 8.37. The van der Waals surface area contributed by atoms with Gasteiger partial charge in [-0.15, -0.1) is 0 Å². The number of rotatable bonds is 3. The van der Waals surface area contributed by atoms with Gasteiger partial charge in [0.05, 0.1) is 17.6 Å². The molecule has 24 heavy (non-hydrogen) atoms. The fraction of sp³-hybridized carbons (Fsp3) is 0.667. The highest BCUT2D eigenvalue weighted by atomic mass is 16.7. The summed E-state index contributed by atoms with van der Waals surface area (Å²) in [5.41, 5.74) is 1.16. The molecule has 1 fully saturated rings. The number of nitrogens with zero attached hydrogens (tertiary/aromatic N) is 1. The lowest BCUT2D eigenvalue weighted by atomic mass is 9.77. The molecule has 1 aliphatic rings. The number of pyridine rings is 1. The molecule has 0 spiro atoms. The van der Waals surface area contributed by atoms with Crippen LogP contribution in [0.1, 0.15) is 59.7 Å². The average molecular weight is 333 g/mol. The van der Waals surface area contributed by atoms with Crippen LogP contribution in [-0.4, -0.2) is 34.9 Å². The van der Waals surface area contributed by atoms with Gasteiger partial charge in [0, 0.05) is 17.4 Å².